The Morgan fingerprint density at radius 3 is 2.71 bits per heavy atom. The molecule has 0 aliphatic heterocycles. The molecule has 0 unspecified atom stereocenters. The van der Waals surface area contributed by atoms with E-state index in [1.165, 1.54) is 5.56 Å². The molecule has 84 valence electrons. The molecule has 2 heterocycles. The lowest BCUT2D eigenvalue weighted by Gasteiger charge is -2.03. The van der Waals surface area contributed by atoms with Gasteiger partial charge in [0.1, 0.15) is 6.33 Å². The quantitative estimate of drug-likeness (QED) is 0.716. The fraction of sp³-hybridized carbons (Fsp3) is 0.0909. The van der Waals surface area contributed by atoms with Gasteiger partial charge in [-0.25, -0.2) is 4.98 Å². The number of imidazole rings is 1. The highest BCUT2D eigenvalue weighted by atomic mass is 15.5. The molecule has 0 amide bonds. The normalized spacial score (nSPS) is 10.6. The third-order valence-corrected chi connectivity index (χ3v) is 2.54. The summed E-state index contributed by atoms with van der Waals surface area (Å²) in [6, 6.07) is 8.21. The lowest BCUT2D eigenvalue weighted by molar-refractivity contribution is 0.881. The van der Waals surface area contributed by atoms with Crippen LogP contribution in [0.2, 0.25) is 0 Å². The van der Waals surface area contributed by atoms with Crippen LogP contribution >= 0.6 is 0 Å². The van der Waals surface area contributed by atoms with Crippen LogP contribution in [0.1, 0.15) is 5.56 Å². The maximum absolute atomic E-state index is 4.12. The Morgan fingerprint density at radius 2 is 2.00 bits per heavy atom. The van der Waals surface area contributed by atoms with Crippen molar-refractivity contribution in [3.05, 3.63) is 42.4 Å². The Kier molecular flexibility index (Phi) is 2.18. The predicted molar refractivity (Wildman–Crippen MR) is 61.5 cm³/mol. The van der Waals surface area contributed by atoms with Crippen LogP contribution in [0.4, 0.5) is 0 Å². The second-order valence-electron chi connectivity index (χ2n) is 3.73. The van der Waals surface area contributed by atoms with Gasteiger partial charge in [-0.05, 0) is 12.1 Å². The number of aromatic amines is 1. The van der Waals surface area contributed by atoms with Gasteiger partial charge in [-0.3, -0.25) is 4.57 Å². The number of aryl methyl sites for hydroxylation is 1. The first-order valence-electron chi connectivity index (χ1n) is 5.18. The molecule has 3 aromatic rings. The minimum absolute atomic E-state index is 0.484. The van der Waals surface area contributed by atoms with Crippen molar-refractivity contribution in [2.75, 3.05) is 0 Å². The number of hydrogen-bond acceptors (Lipinski definition) is 4. The van der Waals surface area contributed by atoms with Gasteiger partial charge in [0.2, 0.25) is 0 Å². The maximum Gasteiger partial charge on any atom is 0.275 e. The molecule has 0 aliphatic carbocycles. The average molecular weight is 226 g/mol. The van der Waals surface area contributed by atoms with Crippen LogP contribution in [-0.4, -0.2) is 30.2 Å². The molecule has 17 heavy (non-hydrogen) atoms. The molecule has 6 heteroatoms. The fourth-order valence-electron chi connectivity index (χ4n) is 1.65. The van der Waals surface area contributed by atoms with Crippen molar-refractivity contribution in [2.45, 2.75) is 6.92 Å². The van der Waals surface area contributed by atoms with Crippen molar-refractivity contribution in [1.82, 2.24) is 30.2 Å². The largest absolute Gasteiger partial charge is 0.275 e. The van der Waals surface area contributed by atoms with E-state index in [9.17, 15) is 0 Å². The van der Waals surface area contributed by atoms with E-state index in [1.54, 1.807) is 17.1 Å². The highest BCUT2D eigenvalue weighted by Crippen LogP contribution is 2.20. The van der Waals surface area contributed by atoms with Gasteiger partial charge in [-0.1, -0.05) is 34.9 Å². The molecule has 0 saturated carbocycles. The standard InChI is InChI=1S/C11H10N6/c1-8-2-4-9(5-3-8)10-6-12-7-17(10)11-13-15-16-14-11/h2-7H,1H3,(H,13,14,15,16). The molecule has 0 radical (unpaired) electrons. The lowest BCUT2D eigenvalue weighted by Crippen LogP contribution is -1.97. The molecular formula is C11H10N6. The third kappa shape index (κ3) is 1.69. The van der Waals surface area contributed by atoms with Crippen LogP contribution in [0.15, 0.2) is 36.8 Å². The minimum atomic E-state index is 0.484. The van der Waals surface area contributed by atoms with E-state index in [0.29, 0.717) is 5.95 Å². The Morgan fingerprint density at radius 1 is 1.18 bits per heavy atom. The van der Waals surface area contributed by atoms with E-state index in [0.717, 1.165) is 11.3 Å². The Hall–Kier alpha value is -2.50. The van der Waals surface area contributed by atoms with Crippen LogP contribution in [0.25, 0.3) is 17.2 Å². The molecule has 0 aliphatic rings. The van der Waals surface area contributed by atoms with E-state index >= 15 is 0 Å². The summed E-state index contributed by atoms with van der Waals surface area (Å²) in [6.45, 7) is 2.06. The summed E-state index contributed by atoms with van der Waals surface area (Å²) < 4.78 is 1.79. The van der Waals surface area contributed by atoms with Crippen molar-refractivity contribution < 1.29 is 0 Å². The van der Waals surface area contributed by atoms with E-state index in [-0.39, 0.29) is 0 Å². The van der Waals surface area contributed by atoms with Gasteiger partial charge in [0.05, 0.1) is 11.9 Å². The minimum Gasteiger partial charge on any atom is -0.264 e. The van der Waals surface area contributed by atoms with Crippen molar-refractivity contribution in [3.63, 3.8) is 0 Å². The Bertz CT molecular complexity index is 608. The number of benzene rings is 1. The molecule has 6 nitrogen and oxygen atoms in total. The molecule has 1 N–H and O–H groups in total. The molecule has 0 spiro atoms. The number of rotatable bonds is 2. The first kappa shape index (κ1) is 9.71. The second kappa shape index (κ2) is 3.82. The van der Waals surface area contributed by atoms with Gasteiger partial charge in [-0.15, -0.1) is 5.10 Å². The van der Waals surface area contributed by atoms with Crippen LogP contribution in [0.5, 0.6) is 0 Å². The van der Waals surface area contributed by atoms with Gasteiger partial charge in [0.25, 0.3) is 5.95 Å². The lowest BCUT2D eigenvalue weighted by atomic mass is 10.1. The number of hydrogen-bond donors (Lipinski definition) is 1. The highest BCUT2D eigenvalue weighted by molar-refractivity contribution is 5.60. The zero-order valence-electron chi connectivity index (χ0n) is 9.20. The molecule has 0 saturated heterocycles. The Labute approximate surface area is 97.3 Å². The molecule has 0 bridgehead atoms. The molecule has 1 aromatic carbocycles. The van der Waals surface area contributed by atoms with E-state index in [1.807, 2.05) is 12.1 Å². The average Bonchev–Trinajstić information content (AvgIpc) is 3.00. The summed E-state index contributed by atoms with van der Waals surface area (Å²) in [5.41, 5.74) is 3.23. The zero-order valence-corrected chi connectivity index (χ0v) is 9.20. The summed E-state index contributed by atoms with van der Waals surface area (Å²) in [7, 11) is 0. The fourth-order valence-corrected chi connectivity index (χ4v) is 1.65. The predicted octanol–water partition coefficient (Wildman–Crippen LogP) is 1.36. The van der Waals surface area contributed by atoms with Crippen molar-refractivity contribution in [3.8, 4) is 17.2 Å². The zero-order chi connectivity index (χ0) is 11.7. The maximum atomic E-state index is 4.12. The van der Waals surface area contributed by atoms with Crippen molar-refractivity contribution >= 4 is 0 Å². The number of nitrogens with one attached hydrogen (secondary N) is 1. The van der Waals surface area contributed by atoms with E-state index in [4.69, 9.17) is 0 Å². The monoisotopic (exact) mass is 226 g/mol. The summed E-state index contributed by atoms with van der Waals surface area (Å²) in [5.74, 6) is 0.484. The Balaban J connectivity index is 2.10. The summed E-state index contributed by atoms with van der Waals surface area (Å²) >= 11 is 0. The van der Waals surface area contributed by atoms with Gasteiger partial charge in [0.15, 0.2) is 0 Å². The number of H-pyrrole nitrogens is 1. The van der Waals surface area contributed by atoms with Crippen LogP contribution < -0.4 is 0 Å². The van der Waals surface area contributed by atoms with Crippen LogP contribution in [0.3, 0.4) is 0 Å². The van der Waals surface area contributed by atoms with Crippen molar-refractivity contribution in [2.24, 2.45) is 0 Å². The molecular weight excluding hydrogens is 216 g/mol. The smallest absolute Gasteiger partial charge is 0.264 e. The molecule has 0 atom stereocenters. The number of aromatic nitrogens is 6. The highest BCUT2D eigenvalue weighted by Gasteiger charge is 2.09. The first-order chi connectivity index (χ1) is 8.34. The summed E-state index contributed by atoms with van der Waals surface area (Å²) in [6.07, 6.45) is 3.45. The topological polar surface area (TPSA) is 72.3 Å². The van der Waals surface area contributed by atoms with Crippen LogP contribution in [0, 0.1) is 6.92 Å². The molecule has 3 rings (SSSR count). The first-order valence-corrected chi connectivity index (χ1v) is 5.18. The van der Waals surface area contributed by atoms with Crippen molar-refractivity contribution in [1.29, 1.82) is 0 Å². The summed E-state index contributed by atoms with van der Waals surface area (Å²) in [4.78, 5) is 4.12. The SMILES string of the molecule is Cc1ccc(-c2cncn2-c2nn[nH]n2)cc1. The number of tetrazole rings is 1. The second-order valence-corrected chi connectivity index (χ2v) is 3.73. The van der Waals surface area contributed by atoms with Gasteiger partial charge in [-0.2, -0.15) is 5.21 Å². The van der Waals surface area contributed by atoms with Gasteiger partial charge >= 0.3 is 0 Å². The van der Waals surface area contributed by atoms with E-state index < -0.39 is 0 Å². The third-order valence-electron chi connectivity index (χ3n) is 2.54. The van der Waals surface area contributed by atoms with Gasteiger partial charge in [0, 0.05) is 5.56 Å². The van der Waals surface area contributed by atoms with E-state index in [2.05, 4.69) is 44.7 Å². The van der Waals surface area contributed by atoms with Gasteiger partial charge < -0.3 is 0 Å². The molecule has 0 fully saturated rings. The number of nitrogens with zero attached hydrogens (tertiary/aromatic N) is 5. The summed E-state index contributed by atoms with van der Waals surface area (Å²) in [5, 5.41) is 13.8. The molecule has 2 aromatic heterocycles. The van der Waals surface area contributed by atoms with Crippen LogP contribution in [-0.2, 0) is 0 Å².